The van der Waals surface area contributed by atoms with Crippen molar-refractivity contribution < 1.29 is 13.5 Å². The van der Waals surface area contributed by atoms with Gasteiger partial charge in [0.1, 0.15) is 5.75 Å². The molecule has 2 aromatic rings. The molecule has 6 heteroatoms. The zero-order chi connectivity index (χ0) is 13.0. The molecule has 1 aromatic carbocycles. The summed E-state index contributed by atoms with van der Waals surface area (Å²) >= 11 is 0. The smallest absolute Gasteiger partial charge is 0.238 e. The maximum Gasteiger partial charge on any atom is 0.238 e. The highest BCUT2D eigenvalue weighted by atomic mass is 19.2. The summed E-state index contributed by atoms with van der Waals surface area (Å²) in [5.41, 5.74) is 0.759. The second kappa shape index (κ2) is 5.50. The fraction of sp³-hybridized carbons (Fsp3) is 0.167. The highest BCUT2D eigenvalue weighted by Gasteiger charge is 2.05. The van der Waals surface area contributed by atoms with Crippen molar-refractivity contribution >= 4 is 0 Å². The first kappa shape index (κ1) is 12.4. The monoisotopic (exact) mass is 251 g/mol. The van der Waals surface area contributed by atoms with E-state index in [-0.39, 0.29) is 11.6 Å². The van der Waals surface area contributed by atoms with Crippen LogP contribution in [0.5, 0.6) is 11.6 Å². The number of rotatable bonds is 4. The molecule has 4 nitrogen and oxygen atoms in total. The number of halogens is 2. The lowest BCUT2D eigenvalue weighted by molar-refractivity contribution is 0.440. The Bertz CT molecular complexity index is 531. The molecular weight excluding hydrogens is 240 g/mol. The fourth-order valence-corrected chi connectivity index (χ4v) is 1.34. The lowest BCUT2D eigenvalue weighted by atomic mass is 10.3. The third-order valence-corrected chi connectivity index (χ3v) is 2.17. The summed E-state index contributed by atoms with van der Waals surface area (Å²) in [4.78, 5) is 0. The van der Waals surface area contributed by atoms with Crippen LogP contribution in [0.15, 0.2) is 30.3 Å². The first-order valence-corrected chi connectivity index (χ1v) is 5.29. The second-order valence-corrected chi connectivity index (χ2v) is 3.57. The molecule has 1 N–H and O–H groups in total. The summed E-state index contributed by atoms with van der Waals surface area (Å²) in [7, 11) is 1.80. The predicted molar refractivity (Wildman–Crippen MR) is 61.2 cm³/mol. The van der Waals surface area contributed by atoms with E-state index in [1.54, 1.807) is 19.2 Å². The van der Waals surface area contributed by atoms with Crippen LogP contribution < -0.4 is 10.1 Å². The van der Waals surface area contributed by atoms with E-state index in [4.69, 9.17) is 4.74 Å². The van der Waals surface area contributed by atoms with E-state index >= 15 is 0 Å². The molecule has 0 spiro atoms. The number of aromatic nitrogens is 2. The largest absolute Gasteiger partial charge is 0.437 e. The molecule has 2 rings (SSSR count). The van der Waals surface area contributed by atoms with E-state index in [2.05, 4.69) is 15.5 Å². The van der Waals surface area contributed by atoms with Crippen molar-refractivity contribution in [2.24, 2.45) is 0 Å². The predicted octanol–water partition coefficient (Wildman–Crippen LogP) is 2.27. The minimum Gasteiger partial charge on any atom is -0.437 e. The molecule has 94 valence electrons. The van der Waals surface area contributed by atoms with Gasteiger partial charge in [0.15, 0.2) is 11.6 Å². The number of hydrogen-bond acceptors (Lipinski definition) is 4. The van der Waals surface area contributed by atoms with Crippen molar-refractivity contribution in [1.82, 2.24) is 15.5 Å². The van der Waals surface area contributed by atoms with Crippen LogP contribution >= 0.6 is 0 Å². The molecule has 0 saturated heterocycles. The molecule has 0 saturated carbocycles. The Morgan fingerprint density at radius 2 is 1.94 bits per heavy atom. The first-order valence-electron chi connectivity index (χ1n) is 5.29. The molecule has 0 aliphatic carbocycles. The molecule has 0 aliphatic heterocycles. The summed E-state index contributed by atoms with van der Waals surface area (Å²) in [5, 5.41) is 10.6. The topological polar surface area (TPSA) is 47.0 Å². The summed E-state index contributed by atoms with van der Waals surface area (Å²) in [5.74, 6) is -1.49. The summed E-state index contributed by atoms with van der Waals surface area (Å²) in [6, 6.07) is 6.62. The molecular formula is C12H11F2N3O. The minimum absolute atomic E-state index is 0.171. The van der Waals surface area contributed by atoms with Crippen LogP contribution in [0.25, 0.3) is 0 Å². The molecule has 0 bridgehead atoms. The number of nitrogens with zero attached hydrogens (tertiary/aromatic N) is 2. The lowest BCUT2D eigenvalue weighted by Crippen LogP contribution is -2.07. The van der Waals surface area contributed by atoms with Gasteiger partial charge < -0.3 is 10.1 Å². The van der Waals surface area contributed by atoms with Gasteiger partial charge in [-0.15, -0.1) is 5.10 Å². The average molecular weight is 251 g/mol. The fourth-order valence-electron chi connectivity index (χ4n) is 1.34. The van der Waals surface area contributed by atoms with Crippen LogP contribution in [0.2, 0.25) is 0 Å². The van der Waals surface area contributed by atoms with Gasteiger partial charge in [-0.1, -0.05) is 0 Å². The lowest BCUT2D eigenvalue weighted by Gasteiger charge is -2.05. The molecule has 18 heavy (non-hydrogen) atoms. The van der Waals surface area contributed by atoms with Crippen LogP contribution in [0.1, 0.15) is 5.69 Å². The Morgan fingerprint density at radius 1 is 1.11 bits per heavy atom. The Hall–Kier alpha value is -2.08. The molecule has 1 heterocycles. The molecule has 0 aliphatic rings. The van der Waals surface area contributed by atoms with E-state index < -0.39 is 11.6 Å². The quantitative estimate of drug-likeness (QED) is 0.905. The van der Waals surface area contributed by atoms with Crippen LogP contribution in [-0.4, -0.2) is 17.2 Å². The van der Waals surface area contributed by atoms with Crippen LogP contribution in [-0.2, 0) is 6.54 Å². The highest BCUT2D eigenvalue weighted by molar-refractivity contribution is 5.27. The van der Waals surface area contributed by atoms with Crippen LogP contribution in [0, 0.1) is 11.6 Å². The zero-order valence-electron chi connectivity index (χ0n) is 9.65. The van der Waals surface area contributed by atoms with Gasteiger partial charge in [0, 0.05) is 18.7 Å². The highest BCUT2D eigenvalue weighted by Crippen LogP contribution is 2.20. The van der Waals surface area contributed by atoms with Gasteiger partial charge in [-0.2, -0.15) is 5.10 Å². The summed E-state index contributed by atoms with van der Waals surface area (Å²) in [6.07, 6.45) is 0. The molecule has 0 amide bonds. The van der Waals surface area contributed by atoms with Gasteiger partial charge >= 0.3 is 0 Å². The third kappa shape index (κ3) is 2.98. The Morgan fingerprint density at radius 3 is 2.56 bits per heavy atom. The normalized spacial score (nSPS) is 10.4. The van der Waals surface area contributed by atoms with Crippen LogP contribution in [0.4, 0.5) is 8.78 Å². The number of nitrogens with one attached hydrogen (secondary N) is 1. The summed E-state index contributed by atoms with van der Waals surface area (Å²) in [6.45, 7) is 0.596. The van der Waals surface area contributed by atoms with Crippen molar-refractivity contribution in [2.75, 3.05) is 7.05 Å². The maximum atomic E-state index is 12.9. The molecule has 0 unspecified atom stereocenters. The zero-order valence-corrected chi connectivity index (χ0v) is 9.65. The van der Waals surface area contributed by atoms with Gasteiger partial charge in [0.05, 0.1) is 5.69 Å². The first-order chi connectivity index (χ1) is 8.69. The molecule has 0 radical (unpaired) electrons. The van der Waals surface area contributed by atoms with E-state index in [9.17, 15) is 8.78 Å². The van der Waals surface area contributed by atoms with E-state index in [1.807, 2.05) is 0 Å². The Balaban J connectivity index is 2.10. The number of hydrogen-bond donors (Lipinski definition) is 1. The number of benzene rings is 1. The van der Waals surface area contributed by atoms with Gasteiger partial charge in [-0.25, -0.2) is 8.78 Å². The minimum atomic E-state index is -0.965. The van der Waals surface area contributed by atoms with Crippen molar-refractivity contribution in [2.45, 2.75) is 6.54 Å². The maximum absolute atomic E-state index is 12.9. The van der Waals surface area contributed by atoms with E-state index in [0.717, 1.165) is 17.8 Å². The molecule has 1 aromatic heterocycles. The van der Waals surface area contributed by atoms with Crippen molar-refractivity contribution in [1.29, 1.82) is 0 Å². The molecule has 0 atom stereocenters. The van der Waals surface area contributed by atoms with Crippen molar-refractivity contribution in [3.63, 3.8) is 0 Å². The van der Waals surface area contributed by atoms with E-state index in [1.165, 1.54) is 6.07 Å². The van der Waals surface area contributed by atoms with Gasteiger partial charge in [0.2, 0.25) is 5.88 Å². The van der Waals surface area contributed by atoms with Gasteiger partial charge in [0.25, 0.3) is 0 Å². The summed E-state index contributed by atoms with van der Waals surface area (Å²) < 4.78 is 30.9. The van der Waals surface area contributed by atoms with Gasteiger partial charge in [-0.3, -0.25) is 0 Å². The SMILES string of the molecule is CNCc1ccc(Oc2ccc(F)c(F)c2)nn1. The molecule has 0 fully saturated rings. The number of ether oxygens (including phenoxy) is 1. The van der Waals surface area contributed by atoms with E-state index in [0.29, 0.717) is 6.54 Å². The third-order valence-electron chi connectivity index (χ3n) is 2.17. The standard InChI is InChI=1S/C12H11F2N3O/c1-15-7-8-2-5-12(17-16-8)18-9-3-4-10(13)11(14)6-9/h2-6,15H,7H2,1H3. The Labute approximate surface area is 103 Å². The van der Waals surface area contributed by atoms with Crippen molar-refractivity contribution in [3.8, 4) is 11.6 Å². The van der Waals surface area contributed by atoms with Gasteiger partial charge in [-0.05, 0) is 25.2 Å². The van der Waals surface area contributed by atoms with Crippen LogP contribution in [0.3, 0.4) is 0 Å². The Kier molecular flexibility index (Phi) is 3.78. The van der Waals surface area contributed by atoms with Crippen molar-refractivity contribution in [3.05, 3.63) is 47.7 Å². The average Bonchev–Trinajstić information content (AvgIpc) is 2.37. The second-order valence-electron chi connectivity index (χ2n) is 3.57.